The summed E-state index contributed by atoms with van der Waals surface area (Å²) in [7, 11) is 0. The Balaban J connectivity index is 2.02. The fraction of sp³-hybridized carbons (Fsp3) is 0.636. The Morgan fingerprint density at radius 1 is 1.28 bits per heavy atom. The van der Waals surface area contributed by atoms with E-state index in [4.69, 9.17) is 0 Å². The highest BCUT2D eigenvalue weighted by Crippen LogP contribution is 2.20. The molecule has 6 nitrogen and oxygen atoms in total. The van der Waals surface area contributed by atoms with Gasteiger partial charge >= 0.3 is 0 Å². The quantitative estimate of drug-likeness (QED) is 0.715. The second kappa shape index (κ2) is 5.99. The van der Waals surface area contributed by atoms with E-state index in [9.17, 15) is 14.7 Å². The van der Waals surface area contributed by atoms with Crippen LogP contribution >= 0.6 is 11.8 Å². The summed E-state index contributed by atoms with van der Waals surface area (Å²) in [5.74, 6) is -1.60. The highest BCUT2D eigenvalue weighted by atomic mass is 32.2. The lowest BCUT2D eigenvalue weighted by Crippen LogP contribution is -2.44. The Morgan fingerprint density at radius 3 is 2.67 bits per heavy atom. The monoisotopic (exact) mass is 268 g/mol. The summed E-state index contributed by atoms with van der Waals surface area (Å²) in [6, 6.07) is 0. The smallest absolute Gasteiger partial charge is 0.227 e. The lowest BCUT2D eigenvalue weighted by molar-refractivity contribution is -0.304. The average Bonchev–Trinajstić information content (AvgIpc) is 2.37. The van der Waals surface area contributed by atoms with Crippen LogP contribution in [0.3, 0.4) is 0 Å². The summed E-state index contributed by atoms with van der Waals surface area (Å²) in [6.45, 7) is 0. The van der Waals surface area contributed by atoms with Crippen LogP contribution in [0.1, 0.15) is 38.5 Å². The standard InChI is InChI=1S/C11H15N3O3S/c15-9-6-8(10(16)17)18-11(12-9)14-13-7-4-2-1-3-5-7/h8H,1-6H2,(H,16,17)(H,12,14,15)/p-1/t8-/m0/s1. The molecule has 0 spiro atoms. The van der Waals surface area contributed by atoms with Crippen molar-refractivity contribution in [2.24, 2.45) is 10.2 Å². The van der Waals surface area contributed by atoms with E-state index in [1.165, 1.54) is 6.42 Å². The molecule has 0 aromatic rings. The lowest BCUT2D eigenvalue weighted by Gasteiger charge is -2.22. The number of rotatable bonds is 2. The number of aliphatic carboxylic acids is 1. The van der Waals surface area contributed by atoms with Gasteiger partial charge in [-0.25, -0.2) is 0 Å². The van der Waals surface area contributed by atoms with Crippen LogP contribution < -0.4 is 10.4 Å². The number of amides is 1. The van der Waals surface area contributed by atoms with Crippen LogP contribution in [-0.2, 0) is 9.59 Å². The molecule has 0 aromatic carbocycles. The van der Waals surface area contributed by atoms with Crippen molar-refractivity contribution < 1.29 is 14.7 Å². The molecule has 0 radical (unpaired) electrons. The van der Waals surface area contributed by atoms with E-state index in [1.54, 1.807) is 0 Å². The topological polar surface area (TPSA) is 94.0 Å². The van der Waals surface area contributed by atoms with Crippen molar-refractivity contribution in [2.75, 3.05) is 0 Å². The minimum Gasteiger partial charge on any atom is -0.549 e. The molecule has 0 aromatic heterocycles. The molecular formula is C11H14N3O3S-. The highest BCUT2D eigenvalue weighted by molar-refractivity contribution is 8.15. The number of thioether (sulfide) groups is 1. The molecule has 0 bridgehead atoms. The first-order chi connectivity index (χ1) is 8.65. The number of carboxylic acids is 1. The Hall–Kier alpha value is -1.37. The largest absolute Gasteiger partial charge is 0.549 e. The maximum Gasteiger partial charge on any atom is 0.227 e. The van der Waals surface area contributed by atoms with Gasteiger partial charge in [0.2, 0.25) is 5.91 Å². The molecule has 1 N–H and O–H groups in total. The number of nitrogens with zero attached hydrogens (tertiary/aromatic N) is 2. The van der Waals surface area contributed by atoms with Crippen LogP contribution in [0, 0.1) is 0 Å². The molecule has 18 heavy (non-hydrogen) atoms. The maximum absolute atomic E-state index is 11.3. The Labute approximate surface area is 109 Å². The minimum absolute atomic E-state index is 0.0808. The molecule has 1 saturated heterocycles. The molecule has 98 valence electrons. The summed E-state index contributed by atoms with van der Waals surface area (Å²) in [6.07, 6.45) is 5.23. The minimum atomic E-state index is -1.24. The molecule has 1 saturated carbocycles. The van der Waals surface area contributed by atoms with Gasteiger partial charge in [-0.2, -0.15) is 5.10 Å². The predicted molar refractivity (Wildman–Crippen MR) is 67.1 cm³/mol. The van der Waals surface area contributed by atoms with Gasteiger partial charge in [0.05, 0.1) is 11.2 Å². The number of nitrogens with one attached hydrogen (secondary N) is 1. The molecule has 1 amide bonds. The number of carbonyl (C=O) groups is 2. The lowest BCUT2D eigenvalue weighted by atomic mass is 9.99. The molecule has 7 heteroatoms. The van der Waals surface area contributed by atoms with Gasteiger partial charge in [-0.15, -0.1) is 5.10 Å². The van der Waals surface area contributed by atoms with Crippen molar-refractivity contribution in [3.8, 4) is 0 Å². The zero-order valence-corrected chi connectivity index (χ0v) is 10.7. The summed E-state index contributed by atoms with van der Waals surface area (Å²) in [5.41, 5.74) is 1.01. The van der Waals surface area contributed by atoms with Crippen LogP contribution in [0.5, 0.6) is 0 Å². The van der Waals surface area contributed by atoms with Crippen molar-refractivity contribution in [2.45, 2.75) is 43.8 Å². The number of hydrogen-bond acceptors (Lipinski definition) is 6. The molecular weight excluding hydrogens is 254 g/mol. The maximum atomic E-state index is 11.3. The summed E-state index contributed by atoms with van der Waals surface area (Å²) < 4.78 is 0. The van der Waals surface area contributed by atoms with Crippen LogP contribution in [0.15, 0.2) is 10.2 Å². The van der Waals surface area contributed by atoms with Crippen molar-refractivity contribution in [3.63, 3.8) is 0 Å². The van der Waals surface area contributed by atoms with Gasteiger partial charge in [0.1, 0.15) is 0 Å². The van der Waals surface area contributed by atoms with E-state index in [1.807, 2.05) is 0 Å². The van der Waals surface area contributed by atoms with Gasteiger partial charge in [0, 0.05) is 12.1 Å². The van der Waals surface area contributed by atoms with Crippen LogP contribution in [0.25, 0.3) is 0 Å². The molecule has 1 aliphatic heterocycles. The Kier molecular flexibility index (Phi) is 4.35. The molecule has 0 unspecified atom stereocenters. The number of carboxylic acid groups (broad SMARTS) is 1. The highest BCUT2D eigenvalue weighted by Gasteiger charge is 2.25. The van der Waals surface area contributed by atoms with E-state index in [2.05, 4.69) is 15.5 Å². The van der Waals surface area contributed by atoms with Gasteiger partial charge in [0.15, 0.2) is 5.17 Å². The van der Waals surface area contributed by atoms with E-state index in [-0.39, 0.29) is 17.5 Å². The fourth-order valence-corrected chi connectivity index (χ4v) is 2.76. The summed E-state index contributed by atoms with van der Waals surface area (Å²) >= 11 is 0.981. The van der Waals surface area contributed by atoms with Gasteiger partial charge in [-0.3, -0.25) is 4.79 Å². The van der Waals surface area contributed by atoms with Gasteiger partial charge in [-0.1, -0.05) is 18.2 Å². The van der Waals surface area contributed by atoms with Crippen molar-refractivity contribution in [3.05, 3.63) is 0 Å². The third-order valence-corrected chi connectivity index (χ3v) is 3.90. The fourth-order valence-electron chi connectivity index (χ4n) is 1.90. The first kappa shape index (κ1) is 13.1. The molecule has 1 heterocycles. The summed E-state index contributed by atoms with van der Waals surface area (Å²) in [4.78, 5) is 22.0. The predicted octanol–water partition coefficient (Wildman–Crippen LogP) is 0.0341. The number of carbonyl (C=O) groups excluding carboxylic acids is 2. The van der Waals surface area contributed by atoms with Gasteiger partial charge < -0.3 is 15.2 Å². The van der Waals surface area contributed by atoms with E-state index < -0.39 is 11.2 Å². The van der Waals surface area contributed by atoms with Crippen LogP contribution in [-0.4, -0.2) is 28.0 Å². The molecule has 2 rings (SSSR count). The molecule has 1 atom stereocenters. The normalized spacial score (nSPS) is 26.9. The average molecular weight is 268 g/mol. The van der Waals surface area contributed by atoms with Crippen molar-refractivity contribution in [1.82, 2.24) is 5.32 Å². The Bertz CT molecular complexity index is 412. The Morgan fingerprint density at radius 2 is 2.00 bits per heavy atom. The first-order valence-corrected chi connectivity index (χ1v) is 6.84. The molecule has 2 fully saturated rings. The molecule has 1 aliphatic carbocycles. The van der Waals surface area contributed by atoms with Gasteiger partial charge in [-0.05, 0) is 25.7 Å². The van der Waals surface area contributed by atoms with E-state index in [0.29, 0.717) is 0 Å². The van der Waals surface area contributed by atoms with Crippen LogP contribution in [0.2, 0.25) is 0 Å². The number of amidine groups is 1. The summed E-state index contributed by atoms with van der Waals surface area (Å²) in [5, 5.41) is 20.7. The second-order valence-electron chi connectivity index (χ2n) is 4.31. The van der Waals surface area contributed by atoms with Crippen molar-refractivity contribution >= 4 is 34.5 Å². The van der Waals surface area contributed by atoms with Crippen LogP contribution in [0.4, 0.5) is 0 Å². The van der Waals surface area contributed by atoms with Crippen molar-refractivity contribution in [1.29, 1.82) is 0 Å². The van der Waals surface area contributed by atoms with Gasteiger partial charge in [0.25, 0.3) is 0 Å². The molecule has 2 aliphatic rings. The third kappa shape index (κ3) is 3.56. The zero-order chi connectivity index (χ0) is 13.0. The zero-order valence-electron chi connectivity index (χ0n) is 9.85. The SMILES string of the molecule is O=C1C[C@@H](C(=O)[O-])S/C(=N/N=C2CCCCC2)N1. The second-order valence-corrected chi connectivity index (χ2v) is 5.50. The van der Waals surface area contributed by atoms with E-state index >= 15 is 0 Å². The first-order valence-electron chi connectivity index (χ1n) is 5.96. The third-order valence-electron chi connectivity index (χ3n) is 2.85. The van der Waals surface area contributed by atoms with E-state index in [0.717, 1.165) is 43.2 Å². The number of hydrogen-bond donors (Lipinski definition) is 1.